The molecule has 6 nitrogen and oxygen atoms in total. The van der Waals surface area contributed by atoms with Gasteiger partial charge in [-0.2, -0.15) is 0 Å². The SMILES string of the molecule is NS(=O)c1ccc2c(c1)C1C=CCC1C(c1cccc([N+](=O)[O-])c1)N2. The quantitative estimate of drug-likeness (QED) is 0.501. The summed E-state index contributed by atoms with van der Waals surface area (Å²) < 4.78 is 11.6. The van der Waals surface area contributed by atoms with Crippen LogP contribution in [0.3, 0.4) is 0 Å². The van der Waals surface area contributed by atoms with E-state index in [1.165, 1.54) is 6.07 Å². The molecule has 0 spiro atoms. The van der Waals surface area contributed by atoms with Gasteiger partial charge >= 0.3 is 0 Å². The third-order valence-electron chi connectivity index (χ3n) is 5.01. The monoisotopic (exact) mass is 355 g/mol. The fourth-order valence-electron chi connectivity index (χ4n) is 3.86. The van der Waals surface area contributed by atoms with Crippen LogP contribution in [0.25, 0.3) is 0 Å². The van der Waals surface area contributed by atoms with Crippen LogP contribution in [0.2, 0.25) is 0 Å². The number of allylic oxidation sites excluding steroid dienone is 2. The van der Waals surface area contributed by atoms with Crippen LogP contribution in [0.4, 0.5) is 11.4 Å². The number of hydrogen-bond donors (Lipinski definition) is 2. The first-order valence-electron chi connectivity index (χ1n) is 8.02. The second-order valence-corrected chi connectivity index (χ2v) is 7.44. The van der Waals surface area contributed by atoms with Gasteiger partial charge in [0.25, 0.3) is 5.69 Å². The Morgan fingerprint density at radius 2 is 2.08 bits per heavy atom. The molecule has 128 valence electrons. The molecule has 7 heteroatoms. The van der Waals surface area contributed by atoms with Gasteiger partial charge in [0, 0.05) is 23.7 Å². The summed E-state index contributed by atoms with van der Waals surface area (Å²) >= 11 is 0. The standard InChI is InChI=1S/C18H17N3O3S/c19-25(24)13-7-8-17-16(10-13)14-5-2-6-15(14)18(20-17)11-3-1-4-12(9-11)21(22)23/h1-5,7-10,14-15,18,20H,6,19H2. The van der Waals surface area contributed by atoms with Crippen LogP contribution in [0.5, 0.6) is 0 Å². The summed E-state index contributed by atoms with van der Waals surface area (Å²) in [7, 11) is -1.51. The van der Waals surface area contributed by atoms with Crippen LogP contribution in [-0.2, 0) is 11.0 Å². The lowest BCUT2D eigenvalue weighted by Gasteiger charge is -2.37. The molecule has 0 amide bonds. The van der Waals surface area contributed by atoms with Gasteiger partial charge in [0.1, 0.15) is 11.0 Å². The van der Waals surface area contributed by atoms with Crippen LogP contribution in [-0.4, -0.2) is 9.13 Å². The van der Waals surface area contributed by atoms with Gasteiger partial charge < -0.3 is 5.32 Å². The van der Waals surface area contributed by atoms with Crippen molar-refractivity contribution in [3.63, 3.8) is 0 Å². The Hall–Kier alpha value is -2.51. The summed E-state index contributed by atoms with van der Waals surface area (Å²) in [5.41, 5.74) is 3.04. The van der Waals surface area contributed by atoms with Crippen molar-refractivity contribution in [1.29, 1.82) is 0 Å². The number of nitro groups is 1. The van der Waals surface area contributed by atoms with Crippen molar-refractivity contribution >= 4 is 22.4 Å². The summed E-state index contributed by atoms with van der Waals surface area (Å²) in [4.78, 5) is 11.3. The Balaban J connectivity index is 1.77. The van der Waals surface area contributed by atoms with Crippen LogP contribution < -0.4 is 10.5 Å². The zero-order valence-electron chi connectivity index (χ0n) is 13.3. The summed E-state index contributed by atoms with van der Waals surface area (Å²) in [6, 6.07) is 12.3. The number of hydrogen-bond acceptors (Lipinski definition) is 4. The summed E-state index contributed by atoms with van der Waals surface area (Å²) in [5.74, 6) is 0.444. The molecule has 0 radical (unpaired) electrons. The molecule has 25 heavy (non-hydrogen) atoms. The minimum Gasteiger partial charge on any atom is -0.378 e. The molecule has 0 bridgehead atoms. The number of rotatable bonds is 3. The first-order chi connectivity index (χ1) is 12.0. The van der Waals surface area contributed by atoms with Gasteiger partial charge in [0.2, 0.25) is 0 Å². The fourth-order valence-corrected chi connectivity index (χ4v) is 4.30. The highest BCUT2D eigenvalue weighted by molar-refractivity contribution is 7.82. The molecule has 3 N–H and O–H groups in total. The van der Waals surface area contributed by atoms with E-state index in [1.54, 1.807) is 18.2 Å². The van der Waals surface area contributed by atoms with Crippen molar-refractivity contribution < 1.29 is 9.13 Å². The Kier molecular flexibility index (Phi) is 3.89. The normalized spacial score (nSPS) is 24.9. The topological polar surface area (TPSA) is 98.3 Å². The third-order valence-corrected chi connectivity index (χ3v) is 5.73. The smallest absolute Gasteiger partial charge is 0.269 e. The minimum absolute atomic E-state index is 0.0124. The number of nitrogens with one attached hydrogen (secondary N) is 1. The molecular weight excluding hydrogens is 338 g/mol. The molecule has 1 aliphatic heterocycles. The Morgan fingerprint density at radius 3 is 2.84 bits per heavy atom. The van der Waals surface area contributed by atoms with Gasteiger partial charge in [-0.15, -0.1) is 0 Å². The molecule has 1 aliphatic carbocycles. The average Bonchev–Trinajstić information content (AvgIpc) is 3.10. The Morgan fingerprint density at radius 1 is 1.24 bits per heavy atom. The number of non-ortho nitro benzene ring substituents is 1. The van der Waals surface area contributed by atoms with Crippen LogP contribution >= 0.6 is 0 Å². The number of nitrogens with zero attached hydrogens (tertiary/aromatic N) is 1. The fraction of sp³-hybridized carbons (Fsp3) is 0.222. The highest BCUT2D eigenvalue weighted by Crippen LogP contribution is 2.50. The predicted octanol–water partition coefficient (Wildman–Crippen LogP) is 3.40. The van der Waals surface area contributed by atoms with E-state index >= 15 is 0 Å². The lowest BCUT2D eigenvalue weighted by atomic mass is 9.77. The van der Waals surface area contributed by atoms with E-state index < -0.39 is 11.0 Å². The van der Waals surface area contributed by atoms with E-state index in [1.807, 2.05) is 18.2 Å². The molecule has 4 rings (SSSR count). The van der Waals surface area contributed by atoms with Crippen molar-refractivity contribution in [3.8, 4) is 0 Å². The van der Waals surface area contributed by atoms with E-state index in [0.29, 0.717) is 4.90 Å². The summed E-state index contributed by atoms with van der Waals surface area (Å²) in [6.07, 6.45) is 5.20. The first kappa shape index (κ1) is 16.0. The largest absolute Gasteiger partial charge is 0.378 e. The molecule has 0 saturated heterocycles. The molecule has 1 heterocycles. The molecule has 0 saturated carbocycles. The second kappa shape index (κ2) is 6.09. The van der Waals surface area contributed by atoms with Gasteiger partial charge in [-0.3, -0.25) is 10.1 Å². The van der Waals surface area contributed by atoms with E-state index in [-0.39, 0.29) is 28.5 Å². The zero-order chi connectivity index (χ0) is 17.6. The van der Waals surface area contributed by atoms with E-state index in [9.17, 15) is 14.3 Å². The van der Waals surface area contributed by atoms with E-state index in [4.69, 9.17) is 5.14 Å². The second-order valence-electron chi connectivity index (χ2n) is 6.37. The van der Waals surface area contributed by atoms with Crippen molar-refractivity contribution in [2.24, 2.45) is 11.1 Å². The maximum Gasteiger partial charge on any atom is 0.269 e. The molecule has 2 aromatic rings. The maximum absolute atomic E-state index is 11.6. The van der Waals surface area contributed by atoms with Crippen LogP contribution in [0.1, 0.15) is 29.5 Å². The molecule has 4 atom stereocenters. The molecule has 0 aromatic heterocycles. The predicted molar refractivity (Wildman–Crippen MR) is 96.5 cm³/mol. The van der Waals surface area contributed by atoms with Crippen molar-refractivity contribution in [1.82, 2.24) is 0 Å². The van der Waals surface area contributed by atoms with Crippen molar-refractivity contribution in [2.45, 2.75) is 23.3 Å². The molecule has 2 aromatic carbocycles. The Labute approximate surface area is 147 Å². The number of benzene rings is 2. The molecule has 2 aliphatic rings. The van der Waals surface area contributed by atoms with Crippen molar-refractivity contribution in [3.05, 3.63) is 75.9 Å². The maximum atomic E-state index is 11.6. The summed E-state index contributed by atoms with van der Waals surface area (Å²) in [5, 5.41) is 20.1. The Bertz CT molecular complexity index is 912. The van der Waals surface area contributed by atoms with E-state index in [2.05, 4.69) is 17.5 Å². The average molecular weight is 355 g/mol. The van der Waals surface area contributed by atoms with Gasteiger partial charge in [0.05, 0.1) is 15.9 Å². The van der Waals surface area contributed by atoms with Gasteiger partial charge in [-0.05, 0) is 41.7 Å². The minimum atomic E-state index is -1.51. The number of anilines is 1. The molecule has 0 fully saturated rings. The van der Waals surface area contributed by atoms with Crippen LogP contribution in [0, 0.1) is 16.0 Å². The van der Waals surface area contributed by atoms with E-state index in [0.717, 1.165) is 23.2 Å². The lowest BCUT2D eigenvalue weighted by Crippen LogP contribution is -2.29. The number of nitro benzene ring substituents is 1. The zero-order valence-corrected chi connectivity index (χ0v) is 14.1. The highest BCUT2D eigenvalue weighted by atomic mass is 32.2. The molecular formula is C18H17N3O3S. The highest BCUT2D eigenvalue weighted by Gasteiger charge is 2.38. The number of nitrogens with two attached hydrogens (primary N) is 1. The third kappa shape index (κ3) is 2.75. The molecule has 4 unspecified atom stereocenters. The van der Waals surface area contributed by atoms with Gasteiger partial charge in [-0.25, -0.2) is 9.35 Å². The van der Waals surface area contributed by atoms with Gasteiger partial charge in [0.15, 0.2) is 0 Å². The van der Waals surface area contributed by atoms with Crippen molar-refractivity contribution in [2.75, 3.05) is 5.32 Å². The van der Waals surface area contributed by atoms with Gasteiger partial charge in [-0.1, -0.05) is 24.3 Å². The first-order valence-corrected chi connectivity index (χ1v) is 9.23. The summed E-state index contributed by atoms with van der Waals surface area (Å²) in [6.45, 7) is 0. The van der Waals surface area contributed by atoms with Crippen LogP contribution in [0.15, 0.2) is 59.5 Å². The number of fused-ring (bicyclic) bond motifs is 3. The lowest BCUT2D eigenvalue weighted by molar-refractivity contribution is -0.384.